The van der Waals surface area contributed by atoms with Crippen molar-refractivity contribution in [1.29, 1.82) is 0 Å². The van der Waals surface area contributed by atoms with E-state index in [1.807, 2.05) is 45.3 Å². The Morgan fingerprint density at radius 1 is 0.548 bits per heavy atom. The number of hydrogen-bond donors (Lipinski definition) is 0. The van der Waals surface area contributed by atoms with E-state index in [-0.39, 0.29) is 23.7 Å². The minimum absolute atomic E-state index is 0.0415. The van der Waals surface area contributed by atoms with E-state index in [2.05, 4.69) is 50.2 Å². The molecule has 0 amide bonds. The van der Waals surface area contributed by atoms with Gasteiger partial charge in [0.25, 0.3) is 0 Å². The highest BCUT2D eigenvalue weighted by Crippen LogP contribution is 2.60. The van der Waals surface area contributed by atoms with Gasteiger partial charge in [0.2, 0.25) is 0 Å². The number of carbonyl (C=O) groups is 2. The van der Waals surface area contributed by atoms with Gasteiger partial charge in [-0.25, -0.2) is 0 Å². The second-order valence-corrected chi connectivity index (χ2v) is 17.1. The molecule has 0 aliphatic heterocycles. The Hall–Kier alpha value is -1.86. The summed E-state index contributed by atoms with van der Waals surface area (Å²) in [7, 11) is 0. The van der Waals surface area contributed by atoms with E-state index in [0.717, 1.165) is 36.8 Å². The van der Waals surface area contributed by atoms with Gasteiger partial charge in [-0.15, -0.1) is 45.3 Å². The number of rotatable bonds is 12. The molecule has 220 valence electrons. The number of thiophene rings is 4. The highest BCUT2D eigenvalue weighted by molar-refractivity contribution is 7.23. The zero-order valence-electron chi connectivity index (χ0n) is 24.7. The lowest BCUT2D eigenvalue weighted by molar-refractivity contribution is 0.0790. The van der Waals surface area contributed by atoms with Gasteiger partial charge in [0.05, 0.1) is 0 Å². The number of aryl methyl sites for hydroxylation is 2. The topological polar surface area (TPSA) is 34.1 Å². The Balaban J connectivity index is 1.05. The van der Waals surface area contributed by atoms with Crippen molar-refractivity contribution >= 4 is 56.9 Å². The maximum absolute atomic E-state index is 13.8. The van der Waals surface area contributed by atoms with Crippen molar-refractivity contribution in [1.82, 2.24) is 0 Å². The molecule has 0 N–H and O–H groups in total. The molecule has 1 saturated carbocycles. The van der Waals surface area contributed by atoms with E-state index in [1.54, 1.807) is 0 Å². The first-order valence-corrected chi connectivity index (χ1v) is 19.4. The second kappa shape index (κ2) is 12.3. The second-order valence-electron chi connectivity index (χ2n) is 12.6. The van der Waals surface area contributed by atoms with Gasteiger partial charge in [-0.3, -0.25) is 9.59 Å². The molecule has 6 heteroatoms. The molecule has 4 heterocycles. The fourth-order valence-electron chi connectivity index (χ4n) is 7.49. The zero-order chi connectivity index (χ0) is 28.8. The minimum Gasteiger partial charge on any atom is -0.294 e. The first-order valence-electron chi connectivity index (χ1n) is 16.1. The van der Waals surface area contributed by atoms with Crippen molar-refractivity contribution in [3.8, 4) is 19.5 Å². The van der Waals surface area contributed by atoms with E-state index in [1.165, 1.54) is 90.4 Å². The molecule has 42 heavy (non-hydrogen) atoms. The fraction of sp³-hybridized carbons (Fsp3) is 0.500. The van der Waals surface area contributed by atoms with Crippen LogP contribution in [0.5, 0.6) is 0 Å². The lowest BCUT2D eigenvalue weighted by Crippen LogP contribution is -2.29. The lowest BCUT2D eigenvalue weighted by atomic mass is 9.70. The third-order valence-corrected chi connectivity index (χ3v) is 15.0. The van der Waals surface area contributed by atoms with Crippen LogP contribution in [0.15, 0.2) is 36.4 Å². The molecule has 1 fully saturated rings. The molecular formula is C36H40O2S4. The maximum atomic E-state index is 13.8. The van der Waals surface area contributed by atoms with Gasteiger partial charge in [0.1, 0.15) is 0 Å². The summed E-state index contributed by atoms with van der Waals surface area (Å²) in [6, 6.07) is 13.4. The number of unbranched alkanes of at least 4 members (excludes halogenated alkanes) is 6. The Kier molecular flexibility index (Phi) is 8.43. The third kappa shape index (κ3) is 5.25. The first-order chi connectivity index (χ1) is 20.6. The van der Waals surface area contributed by atoms with Gasteiger partial charge >= 0.3 is 0 Å². The molecule has 7 rings (SSSR count). The van der Waals surface area contributed by atoms with Gasteiger partial charge in [0.15, 0.2) is 11.6 Å². The van der Waals surface area contributed by atoms with Gasteiger partial charge in [0, 0.05) is 73.8 Å². The average Bonchev–Trinajstić information content (AvgIpc) is 3.83. The first kappa shape index (κ1) is 28.9. The van der Waals surface area contributed by atoms with Gasteiger partial charge in [-0.1, -0.05) is 52.4 Å². The monoisotopic (exact) mass is 632 g/mol. The number of carbonyl (C=O) groups excluding carboxylic acids is 2. The Labute approximate surface area is 266 Å². The summed E-state index contributed by atoms with van der Waals surface area (Å²) in [5.74, 6) is 1.17. The van der Waals surface area contributed by atoms with Crippen LogP contribution in [0.4, 0.5) is 0 Å². The van der Waals surface area contributed by atoms with Crippen LogP contribution in [0, 0.1) is 11.8 Å². The summed E-state index contributed by atoms with van der Waals surface area (Å²) in [6.07, 6.45) is 14.3. The number of Topliss-reactive ketones (excluding diaryl/α,β-unsaturated/α-hetero) is 2. The lowest BCUT2D eigenvalue weighted by Gasteiger charge is -2.33. The predicted molar refractivity (Wildman–Crippen MR) is 181 cm³/mol. The summed E-state index contributed by atoms with van der Waals surface area (Å²) in [6.45, 7) is 4.51. The van der Waals surface area contributed by atoms with Crippen molar-refractivity contribution in [2.75, 3.05) is 0 Å². The minimum atomic E-state index is 0.0415. The van der Waals surface area contributed by atoms with Crippen LogP contribution in [0.3, 0.4) is 0 Å². The molecule has 0 spiro atoms. The summed E-state index contributed by atoms with van der Waals surface area (Å²) in [4.78, 5) is 38.0. The Morgan fingerprint density at radius 2 is 1.00 bits per heavy atom. The fourth-order valence-corrected chi connectivity index (χ4v) is 12.4. The molecule has 3 aliphatic rings. The van der Waals surface area contributed by atoms with Crippen LogP contribution in [-0.4, -0.2) is 11.6 Å². The largest absolute Gasteiger partial charge is 0.294 e. The molecule has 0 aromatic carbocycles. The Morgan fingerprint density at radius 3 is 1.43 bits per heavy atom. The quantitative estimate of drug-likeness (QED) is 0.146. The van der Waals surface area contributed by atoms with Crippen LogP contribution in [-0.2, 0) is 12.8 Å². The van der Waals surface area contributed by atoms with E-state index in [0.29, 0.717) is 11.6 Å². The number of fused-ring (bicyclic) bond motifs is 6. The normalized spacial score (nSPS) is 22.4. The van der Waals surface area contributed by atoms with E-state index in [9.17, 15) is 9.59 Å². The summed E-state index contributed by atoms with van der Waals surface area (Å²) < 4.78 is 0. The van der Waals surface area contributed by atoms with Crippen LogP contribution in [0.2, 0.25) is 0 Å². The summed E-state index contributed by atoms with van der Waals surface area (Å²) >= 11 is 7.43. The highest BCUT2D eigenvalue weighted by atomic mass is 32.1. The zero-order valence-corrected chi connectivity index (χ0v) is 28.0. The van der Waals surface area contributed by atoms with Crippen LogP contribution in [0.1, 0.15) is 130 Å². The number of hydrogen-bond acceptors (Lipinski definition) is 6. The smallest absolute Gasteiger partial charge is 0.167 e. The van der Waals surface area contributed by atoms with Crippen molar-refractivity contribution in [2.24, 2.45) is 11.8 Å². The summed E-state index contributed by atoms with van der Waals surface area (Å²) in [5, 5.41) is 0. The molecule has 0 radical (unpaired) electrons. The van der Waals surface area contributed by atoms with Crippen LogP contribution in [0.25, 0.3) is 19.5 Å². The van der Waals surface area contributed by atoms with E-state index < -0.39 is 0 Å². The van der Waals surface area contributed by atoms with Crippen molar-refractivity contribution in [2.45, 2.75) is 103 Å². The average molecular weight is 633 g/mol. The van der Waals surface area contributed by atoms with Gasteiger partial charge in [-0.2, -0.15) is 0 Å². The molecule has 4 unspecified atom stereocenters. The molecule has 3 aliphatic carbocycles. The molecule has 0 bridgehead atoms. The van der Waals surface area contributed by atoms with Crippen molar-refractivity contribution in [3.63, 3.8) is 0 Å². The highest BCUT2D eigenvalue weighted by Gasteiger charge is 2.53. The van der Waals surface area contributed by atoms with Crippen molar-refractivity contribution in [3.05, 3.63) is 67.0 Å². The van der Waals surface area contributed by atoms with Gasteiger partial charge < -0.3 is 0 Å². The van der Waals surface area contributed by atoms with Crippen LogP contribution >= 0.6 is 45.3 Å². The molecule has 4 aromatic heterocycles. The number of ketones is 2. The van der Waals surface area contributed by atoms with E-state index >= 15 is 0 Å². The van der Waals surface area contributed by atoms with Gasteiger partial charge in [-0.05, 0) is 74.9 Å². The summed E-state index contributed by atoms with van der Waals surface area (Å²) in [5.41, 5.74) is 1.90. The molecular weight excluding hydrogens is 593 g/mol. The molecule has 4 aromatic rings. The Bertz CT molecular complexity index is 1480. The van der Waals surface area contributed by atoms with Crippen molar-refractivity contribution < 1.29 is 9.59 Å². The third-order valence-electron chi connectivity index (χ3n) is 9.75. The SMILES string of the molecule is CCCCCCc1ccc(-c2cc3c(s2)C2CC4C(=O)c5cc(-c6ccc(CCCCCC)s6)sc5C4CC2C3=O)s1. The van der Waals surface area contributed by atoms with E-state index in [4.69, 9.17) is 0 Å². The molecule has 0 saturated heterocycles. The molecule has 2 nitrogen and oxygen atoms in total. The predicted octanol–water partition coefficient (Wildman–Crippen LogP) is 11.8. The molecule has 4 atom stereocenters. The maximum Gasteiger partial charge on any atom is 0.167 e. The standard InChI is InChI=1S/C36H40O2S4/c1-3-5-7-9-11-21-13-15-29(39-21)31-19-27-33(37)23-18-26-24(17-25(23)35(27)41-31)34(38)28-20-32(42-36(26)28)30-16-14-22(40-30)12-10-8-6-4-2/h13-16,19-20,23-26H,3-12,17-18H2,1-2H3. The van der Waals surface area contributed by atoms with Crippen LogP contribution < -0.4 is 0 Å².